The zero-order valence-electron chi connectivity index (χ0n) is 41.5. The van der Waals surface area contributed by atoms with E-state index in [2.05, 4.69) is 233 Å². The second-order valence-corrected chi connectivity index (χ2v) is 25.2. The van der Waals surface area contributed by atoms with Crippen molar-refractivity contribution in [2.24, 2.45) is 0 Å². The van der Waals surface area contributed by atoms with Crippen LogP contribution in [0.15, 0.2) is 133 Å². The minimum atomic E-state index is -0.100. The van der Waals surface area contributed by atoms with E-state index in [1.807, 2.05) is 11.3 Å². The van der Waals surface area contributed by atoms with Crippen molar-refractivity contribution in [1.29, 1.82) is 0 Å². The van der Waals surface area contributed by atoms with Crippen molar-refractivity contribution >= 4 is 88.7 Å². The molecule has 4 heteroatoms. The van der Waals surface area contributed by atoms with Gasteiger partial charge >= 0.3 is 0 Å². The third kappa shape index (κ3) is 6.71. The van der Waals surface area contributed by atoms with E-state index in [4.69, 9.17) is 0 Å². The van der Waals surface area contributed by atoms with Gasteiger partial charge in [0.2, 0.25) is 0 Å². The van der Waals surface area contributed by atoms with Crippen LogP contribution in [0.5, 0.6) is 0 Å². The van der Waals surface area contributed by atoms with Gasteiger partial charge < -0.3 is 9.80 Å². The van der Waals surface area contributed by atoms with Crippen molar-refractivity contribution in [3.8, 4) is 11.1 Å². The van der Waals surface area contributed by atoms with Crippen LogP contribution >= 0.6 is 11.3 Å². The lowest BCUT2D eigenvalue weighted by Crippen LogP contribution is -2.61. The van der Waals surface area contributed by atoms with Crippen molar-refractivity contribution in [3.63, 3.8) is 0 Å². The second-order valence-electron chi connectivity index (χ2n) is 24.2. The molecule has 0 spiro atoms. The predicted molar refractivity (Wildman–Crippen MR) is 290 cm³/mol. The SMILES string of the molecule is CC(C)(C)c1ccc2c(c1)B1c3ccc(C(C)(C)C)cc3N(c3ccc(-c4cccc5c4sc4ccccc45)cc3)c3cc(C(C)(C)C)cc(c31)N2c1ccc2c(c1)C(C)(C)CCC2(C)C. The van der Waals surface area contributed by atoms with E-state index in [-0.39, 0.29) is 33.8 Å². The molecule has 0 atom stereocenters. The molecule has 66 heavy (non-hydrogen) atoms. The molecule has 1 aliphatic carbocycles. The first-order valence-electron chi connectivity index (χ1n) is 24.3. The van der Waals surface area contributed by atoms with Gasteiger partial charge in [-0.15, -0.1) is 11.3 Å². The average Bonchev–Trinajstić information content (AvgIpc) is 3.65. The number of hydrogen-bond donors (Lipinski definition) is 0. The molecule has 0 saturated carbocycles. The zero-order chi connectivity index (χ0) is 46.5. The fraction of sp³-hybridized carbons (Fsp3) is 0.323. The Hall–Kier alpha value is -5.58. The molecule has 11 rings (SSSR count). The van der Waals surface area contributed by atoms with Crippen molar-refractivity contribution in [3.05, 3.63) is 161 Å². The Morgan fingerprint density at radius 1 is 0.470 bits per heavy atom. The second kappa shape index (κ2) is 14.5. The van der Waals surface area contributed by atoms with E-state index >= 15 is 0 Å². The number of fused-ring (bicyclic) bond motifs is 8. The molecule has 0 N–H and O–H groups in total. The summed E-state index contributed by atoms with van der Waals surface area (Å²) in [5.74, 6) is 0. The van der Waals surface area contributed by atoms with Gasteiger partial charge in [0.05, 0.1) is 0 Å². The summed E-state index contributed by atoms with van der Waals surface area (Å²) in [6.07, 6.45) is 2.38. The Morgan fingerprint density at radius 2 is 1.05 bits per heavy atom. The van der Waals surface area contributed by atoms with Crippen molar-refractivity contribution in [1.82, 2.24) is 0 Å². The Balaban J connectivity index is 1.19. The van der Waals surface area contributed by atoms with Crippen molar-refractivity contribution in [2.45, 2.75) is 130 Å². The maximum atomic E-state index is 2.64. The average molecular weight is 881 g/mol. The lowest BCUT2D eigenvalue weighted by atomic mass is 9.33. The van der Waals surface area contributed by atoms with Crippen LogP contribution in [-0.2, 0) is 27.1 Å². The quantitative estimate of drug-likeness (QED) is 0.163. The lowest BCUT2D eigenvalue weighted by Gasteiger charge is -2.46. The highest BCUT2D eigenvalue weighted by Crippen LogP contribution is 2.51. The van der Waals surface area contributed by atoms with Gasteiger partial charge in [0, 0.05) is 54.3 Å². The Labute approximate surface area is 398 Å². The largest absolute Gasteiger partial charge is 0.311 e. The van der Waals surface area contributed by atoms with Crippen LogP contribution in [0.3, 0.4) is 0 Å². The summed E-state index contributed by atoms with van der Waals surface area (Å²) in [4.78, 5) is 5.26. The van der Waals surface area contributed by atoms with Crippen LogP contribution in [0, 0.1) is 0 Å². The van der Waals surface area contributed by atoms with Crippen LogP contribution in [0.25, 0.3) is 31.3 Å². The van der Waals surface area contributed by atoms with Crippen molar-refractivity contribution in [2.75, 3.05) is 9.80 Å². The van der Waals surface area contributed by atoms with Gasteiger partial charge in [-0.2, -0.15) is 0 Å². The molecule has 2 nitrogen and oxygen atoms in total. The molecule has 3 heterocycles. The summed E-state index contributed by atoms with van der Waals surface area (Å²) in [5, 5.41) is 2.67. The molecule has 0 bridgehead atoms. The van der Waals surface area contributed by atoms with E-state index < -0.39 is 0 Å². The highest BCUT2D eigenvalue weighted by molar-refractivity contribution is 7.26. The molecule has 0 amide bonds. The first-order chi connectivity index (χ1) is 31.1. The lowest BCUT2D eigenvalue weighted by molar-refractivity contribution is 0.332. The monoisotopic (exact) mass is 880 g/mol. The van der Waals surface area contributed by atoms with Crippen molar-refractivity contribution < 1.29 is 0 Å². The summed E-state index contributed by atoms with van der Waals surface area (Å²) in [5.41, 5.74) is 21.3. The van der Waals surface area contributed by atoms with Gasteiger partial charge in [-0.1, -0.05) is 169 Å². The fourth-order valence-corrected chi connectivity index (χ4v) is 12.6. The number of thiophene rings is 1. The molecule has 2 aliphatic heterocycles. The van der Waals surface area contributed by atoms with Gasteiger partial charge in [-0.3, -0.25) is 0 Å². The van der Waals surface area contributed by atoms with Gasteiger partial charge in [0.1, 0.15) is 0 Å². The van der Waals surface area contributed by atoms with Gasteiger partial charge in [0.15, 0.2) is 0 Å². The first-order valence-corrected chi connectivity index (χ1v) is 25.2. The smallest absolute Gasteiger partial charge is 0.252 e. The molecule has 8 aromatic rings. The van der Waals surface area contributed by atoms with Crippen LogP contribution in [0.2, 0.25) is 0 Å². The third-order valence-electron chi connectivity index (χ3n) is 15.6. The van der Waals surface area contributed by atoms with Gasteiger partial charge in [-0.25, -0.2) is 0 Å². The first kappa shape index (κ1) is 43.0. The van der Waals surface area contributed by atoms with Gasteiger partial charge in [-0.05, 0) is 150 Å². The number of nitrogens with zero attached hydrogens (tertiary/aromatic N) is 2. The van der Waals surface area contributed by atoms with Crippen LogP contribution in [-0.4, -0.2) is 6.71 Å². The highest BCUT2D eigenvalue weighted by atomic mass is 32.1. The predicted octanol–water partition coefficient (Wildman–Crippen LogP) is 16.0. The van der Waals surface area contributed by atoms with E-state index in [0.717, 1.165) is 0 Å². The molecular weight excluding hydrogens is 816 g/mol. The minimum Gasteiger partial charge on any atom is -0.311 e. The summed E-state index contributed by atoms with van der Waals surface area (Å²) < 4.78 is 2.68. The molecule has 3 aliphatic rings. The van der Waals surface area contributed by atoms with Gasteiger partial charge in [0.25, 0.3) is 6.71 Å². The molecule has 0 radical (unpaired) electrons. The molecule has 0 saturated heterocycles. The molecule has 0 fully saturated rings. The topological polar surface area (TPSA) is 6.48 Å². The highest BCUT2D eigenvalue weighted by Gasteiger charge is 2.46. The van der Waals surface area contributed by atoms with E-state index in [9.17, 15) is 0 Å². The maximum Gasteiger partial charge on any atom is 0.252 e. The zero-order valence-corrected chi connectivity index (χ0v) is 42.3. The Morgan fingerprint density at radius 3 is 1.73 bits per heavy atom. The Kier molecular flexibility index (Phi) is 9.43. The van der Waals surface area contributed by atoms with Crippen LogP contribution in [0.1, 0.15) is 131 Å². The van der Waals surface area contributed by atoms with Crippen LogP contribution in [0.4, 0.5) is 34.1 Å². The molecular formula is C62H65BN2S. The summed E-state index contributed by atoms with van der Waals surface area (Å²) in [7, 11) is 0. The molecule has 1 aromatic heterocycles. The normalized spacial score (nSPS) is 16.3. The molecule has 0 unspecified atom stereocenters. The van der Waals surface area contributed by atoms with E-state index in [1.165, 1.54) is 122 Å². The summed E-state index contributed by atoms with van der Waals surface area (Å²) in [6.45, 7) is 31.1. The molecule has 7 aromatic carbocycles. The van der Waals surface area contributed by atoms with Crippen LogP contribution < -0.4 is 26.2 Å². The third-order valence-corrected chi connectivity index (χ3v) is 16.8. The van der Waals surface area contributed by atoms with E-state index in [0.29, 0.717) is 0 Å². The summed E-state index contributed by atoms with van der Waals surface area (Å²) >= 11 is 1.90. The number of rotatable bonds is 3. The fourth-order valence-electron chi connectivity index (χ4n) is 11.4. The number of hydrogen-bond acceptors (Lipinski definition) is 3. The standard InChI is InChI=1S/C62H65BN2S/c1-58(2,3)39-24-30-51-50(33-39)63-49-29-23-40(59(4,5)6)34-52(49)64(42-25-21-38(22-26-42)44-18-16-19-46-45-17-14-15-20-55(45)66-57(44)46)53-35-41(60(7,8)9)36-54(56(53)63)65(51)43-27-28-47-48(37-43)62(12,13)32-31-61(47,10)11/h14-30,33-37H,31-32H2,1-13H3. The molecule has 332 valence electrons. The minimum absolute atomic E-state index is 0.0119. The maximum absolute atomic E-state index is 2.64. The number of benzene rings is 7. The summed E-state index contributed by atoms with van der Waals surface area (Å²) in [6, 6.07) is 52.5. The number of anilines is 6. The Bertz CT molecular complexity index is 3270. The van der Waals surface area contributed by atoms with E-state index in [1.54, 1.807) is 0 Å².